The Morgan fingerprint density at radius 3 is 2.38 bits per heavy atom. The van der Waals surface area contributed by atoms with Gasteiger partial charge in [-0.15, -0.1) is 0 Å². The van der Waals surface area contributed by atoms with Crippen LogP contribution in [0.25, 0.3) is 0 Å². The minimum atomic E-state index is -3.32. The Morgan fingerprint density at radius 2 is 1.74 bits per heavy atom. The number of rotatable bonds is 6. The standard InChI is InChI=1S/C14H10Cl2N2.C11H15NO3S/c15-13-4-2-1-3-11(13)9-18-12-6-5-10(8-17)14(16)7-12;1-15-10-5-4-6-11(9-10)16(13,14)12-7-2-3-8-12/h1-7,18H,9H2;4-6,9H,2-3,7-8H2,1H3. The van der Waals surface area contributed by atoms with E-state index in [1.54, 1.807) is 36.4 Å². The third-order valence-corrected chi connectivity index (χ3v) is 7.85. The van der Waals surface area contributed by atoms with Crippen LogP contribution in [0.2, 0.25) is 10.0 Å². The zero-order valence-electron chi connectivity index (χ0n) is 18.7. The van der Waals surface area contributed by atoms with Crippen LogP contribution in [0, 0.1) is 11.3 Å². The van der Waals surface area contributed by atoms with Gasteiger partial charge in [-0.2, -0.15) is 9.57 Å². The molecule has 9 heteroatoms. The number of hydrogen-bond acceptors (Lipinski definition) is 5. The molecule has 0 unspecified atom stereocenters. The van der Waals surface area contributed by atoms with Crippen molar-refractivity contribution >= 4 is 38.9 Å². The van der Waals surface area contributed by atoms with Gasteiger partial charge in [-0.1, -0.05) is 47.5 Å². The van der Waals surface area contributed by atoms with Crippen molar-refractivity contribution < 1.29 is 13.2 Å². The Morgan fingerprint density at radius 1 is 1.00 bits per heavy atom. The van der Waals surface area contributed by atoms with Gasteiger partial charge < -0.3 is 10.1 Å². The molecule has 6 nitrogen and oxygen atoms in total. The van der Waals surface area contributed by atoms with Crippen LogP contribution in [0.1, 0.15) is 24.0 Å². The van der Waals surface area contributed by atoms with Crippen molar-refractivity contribution in [2.45, 2.75) is 24.3 Å². The van der Waals surface area contributed by atoms with Gasteiger partial charge in [0.15, 0.2) is 0 Å². The predicted octanol–water partition coefficient (Wildman–Crippen LogP) is 5.96. The van der Waals surface area contributed by atoms with Crippen LogP contribution in [0.3, 0.4) is 0 Å². The molecular weight excluding hydrogens is 493 g/mol. The molecule has 0 saturated carbocycles. The number of benzene rings is 3. The number of nitrogens with one attached hydrogen (secondary N) is 1. The summed E-state index contributed by atoms with van der Waals surface area (Å²) in [4.78, 5) is 0.314. The van der Waals surface area contributed by atoms with Crippen molar-refractivity contribution in [3.8, 4) is 11.8 Å². The predicted molar refractivity (Wildman–Crippen MR) is 136 cm³/mol. The molecule has 3 aromatic rings. The number of sulfonamides is 1. The number of nitrogens with zero attached hydrogens (tertiary/aromatic N) is 2. The summed E-state index contributed by atoms with van der Waals surface area (Å²) in [6.45, 7) is 1.86. The molecule has 0 bridgehead atoms. The molecule has 0 atom stereocenters. The molecule has 1 aliphatic rings. The van der Waals surface area contributed by atoms with Gasteiger partial charge in [0.05, 0.1) is 22.6 Å². The molecule has 0 amide bonds. The second-order valence-corrected chi connectivity index (χ2v) is 10.3. The lowest BCUT2D eigenvalue weighted by molar-refractivity contribution is 0.412. The van der Waals surface area contributed by atoms with Gasteiger partial charge in [0.2, 0.25) is 10.0 Å². The van der Waals surface area contributed by atoms with Gasteiger partial charge >= 0.3 is 0 Å². The van der Waals surface area contributed by atoms with E-state index in [2.05, 4.69) is 5.32 Å². The highest BCUT2D eigenvalue weighted by Crippen LogP contribution is 2.24. The van der Waals surface area contributed by atoms with Gasteiger partial charge in [0.1, 0.15) is 11.8 Å². The number of hydrogen-bond donors (Lipinski definition) is 1. The molecule has 1 fully saturated rings. The first-order chi connectivity index (χ1) is 16.3. The highest BCUT2D eigenvalue weighted by molar-refractivity contribution is 7.89. The molecule has 1 aliphatic heterocycles. The number of nitriles is 1. The van der Waals surface area contributed by atoms with Crippen molar-refractivity contribution in [1.29, 1.82) is 5.26 Å². The quantitative estimate of drug-likeness (QED) is 0.436. The maximum absolute atomic E-state index is 12.2. The van der Waals surface area contributed by atoms with Crippen LogP contribution in [0.15, 0.2) is 71.6 Å². The minimum Gasteiger partial charge on any atom is -0.497 e. The fraction of sp³-hybridized carbons (Fsp3) is 0.240. The highest BCUT2D eigenvalue weighted by Gasteiger charge is 2.27. The number of methoxy groups -OCH3 is 1. The van der Waals surface area contributed by atoms with E-state index in [0.29, 0.717) is 40.9 Å². The van der Waals surface area contributed by atoms with Crippen LogP contribution >= 0.6 is 23.2 Å². The molecule has 0 spiro atoms. The zero-order chi connectivity index (χ0) is 24.6. The van der Waals surface area contributed by atoms with E-state index in [1.807, 2.05) is 36.4 Å². The molecule has 3 aromatic carbocycles. The van der Waals surface area contributed by atoms with Gasteiger partial charge in [-0.3, -0.25) is 0 Å². The van der Waals surface area contributed by atoms with E-state index < -0.39 is 10.0 Å². The third kappa shape index (κ3) is 6.64. The largest absolute Gasteiger partial charge is 0.497 e. The van der Waals surface area contributed by atoms with Crippen LogP contribution in [-0.2, 0) is 16.6 Å². The second kappa shape index (κ2) is 12.1. The summed E-state index contributed by atoms with van der Waals surface area (Å²) in [6.07, 6.45) is 1.90. The van der Waals surface area contributed by atoms with Gasteiger partial charge in [0, 0.05) is 36.4 Å². The molecule has 0 aliphatic carbocycles. The van der Waals surface area contributed by atoms with Crippen LogP contribution < -0.4 is 10.1 Å². The Bertz CT molecular complexity index is 1270. The van der Waals surface area contributed by atoms with Crippen molar-refractivity contribution in [3.63, 3.8) is 0 Å². The Balaban J connectivity index is 0.000000192. The van der Waals surface area contributed by atoms with Crippen molar-refractivity contribution in [2.75, 3.05) is 25.5 Å². The molecule has 0 radical (unpaired) electrons. The summed E-state index contributed by atoms with van der Waals surface area (Å²) >= 11 is 12.0. The SMILES string of the molecule is COc1cccc(S(=O)(=O)N2CCCC2)c1.N#Cc1ccc(NCc2ccccc2Cl)cc1Cl. The molecule has 4 rings (SSSR count). The first-order valence-electron chi connectivity index (χ1n) is 10.7. The van der Waals surface area contributed by atoms with E-state index >= 15 is 0 Å². The van der Waals surface area contributed by atoms with Crippen LogP contribution in [0.4, 0.5) is 5.69 Å². The smallest absolute Gasteiger partial charge is 0.243 e. The lowest BCUT2D eigenvalue weighted by atomic mass is 10.2. The fourth-order valence-corrected chi connectivity index (χ4v) is 5.37. The molecule has 1 N–H and O–H groups in total. The van der Waals surface area contributed by atoms with E-state index in [4.69, 9.17) is 33.2 Å². The number of halogens is 2. The average molecular weight is 518 g/mol. The van der Waals surface area contributed by atoms with Gasteiger partial charge in [-0.05, 0) is 54.8 Å². The summed E-state index contributed by atoms with van der Waals surface area (Å²) in [7, 11) is -1.79. The molecule has 0 aromatic heterocycles. The Hall–Kier alpha value is -2.76. The second-order valence-electron chi connectivity index (χ2n) is 7.54. The monoisotopic (exact) mass is 517 g/mol. The molecular formula is C25H25Cl2N3O3S. The molecule has 1 heterocycles. The van der Waals surface area contributed by atoms with Crippen LogP contribution in [0.5, 0.6) is 5.75 Å². The Kier molecular flexibility index (Phi) is 9.20. The van der Waals surface area contributed by atoms with E-state index in [0.717, 1.165) is 29.1 Å². The van der Waals surface area contributed by atoms with Gasteiger partial charge in [0.25, 0.3) is 0 Å². The number of anilines is 1. The summed E-state index contributed by atoms with van der Waals surface area (Å²) in [6, 6.07) is 21.5. The number of ether oxygens (including phenoxy) is 1. The van der Waals surface area contributed by atoms with E-state index in [-0.39, 0.29) is 0 Å². The van der Waals surface area contributed by atoms with Gasteiger partial charge in [-0.25, -0.2) is 8.42 Å². The highest BCUT2D eigenvalue weighted by atomic mass is 35.5. The van der Waals surface area contributed by atoms with E-state index in [1.165, 1.54) is 11.4 Å². The first kappa shape index (κ1) is 25.9. The lowest BCUT2D eigenvalue weighted by Crippen LogP contribution is -2.27. The van der Waals surface area contributed by atoms with Crippen LogP contribution in [-0.4, -0.2) is 32.9 Å². The third-order valence-electron chi connectivity index (χ3n) is 5.27. The topological polar surface area (TPSA) is 82.4 Å². The Labute approximate surface area is 210 Å². The summed E-state index contributed by atoms with van der Waals surface area (Å²) in [5.74, 6) is 0.570. The average Bonchev–Trinajstić information content (AvgIpc) is 3.40. The molecule has 34 heavy (non-hydrogen) atoms. The summed E-state index contributed by atoms with van der Waals surface area (Å²) in [5, 5.41) is 13.2. The molecule has 1 saturated heterocycles. The summed E-state index contributed by atoms with van der Waals surface area (Å²) < 4.78 is 30.9. The zero-order valence-corrected chi connectivity index (χ0v) is 21.0. The summed E-state index contributed by atoms with van der Waals surface area (Å²) in [5.41, 5.74) is 2.35. The van der Waals surface area contributed by atoms with Crippen molar-refractivity contribution in [1.82, 2.24) is 4.31 Å². The van der Waals surface area contributed by atoms with Crippen molar-refractivity contribution in [3.05, 3.63) is 87.9 Å². The first-order valence-corrected chi connectivity index (χ1v) is 12.9. The van der Waals surface area contributed by atoms with E-state index in [9.17, 15) is 8.42 Å². The normalized spacial score (nSPS) is 13.5. The minimum absolute atomic E-state index is 0.314. The van der Waals surface area contributed by atoms with Crippen molar-refractivity contribution in [2.24, 2.45) is 0 Å². The lowest BCUT2D eigenvalue weighted by Gasteiger charge is -2.15. The maximum Gasteiger partial charge on any atom is 0.243 e. The fourth-order valence-electron chi connectivity index (χ4n) is 3.39. The maximum atomic E-state index is 12.2. The molecule has 178 valence electrons.